The highest BCUT2D eigenvalue weighted by Crippen LogP contribution is 2.39. The molecule has 0 bridgehead atoms. The largest absolute Gasteiger partial charge is 0.309 e. The second-order valence-corrected chi connectivity index (χ2v) is 10.7. The Labute approximate surface area is 211 Å². The molecule has 2 nitrogen and oxygen atoms in total. The van der Waals surface area contributed by atoms with Crippen molar-refractivity contribution in [3.63, 3.8) is 0 Å². The van der Waals surface area contributed by atoms with Gasteiger partial charge in [-0.15, -0.1) is 0 Å². The van der Waals surface area contributed by atoms with E-state index in [2.05, 4.69) is 145 Å². The van der Waals surface area contributed by atoms with Crippen molar-refractivity contribution in [3.05, 3.63) is 121 Å². The van der Waals surface area contributed by atoms with E-state index in [4.69, 9.17) is 0 Å². The van der Waals surface area contributed by atoms with Gasteiger partial charge in [-0.25, -0.2) is 0 Å². The molecule has 2 heterocycles. The average molecular weight is 465 g/mol. The van der Waals surface area contributed by atoms with Gasteiger partial charge < -0.3 is 9.13 Å². The molecule has 2 heteroatoms. The van der Waals surface area contributed by atoms with Crippen LogP contribution < -0.4 is 0 Å². The number of benzene rings is 5. The molecule has 5 aromatic carbocycles. The molecule has 0 saturated heterocycles. The summed E-state index contributed by atoms with van der Waals surface area (Å²) in [5.74, 6) is 0. The van der Waals surface area contributed by atoms with Crippen molar-refractivity contribution in [2.45, 2.75) is 26.2 Å². The molecule has 0 unspecified atom stereocenters. The smallest absolute Gasteiger partial charge is 0.0562 e. The molecule has 2 aromatic heterocycles. The van der Waals surface area contributed by atoms with Gasteiger partial charge in [0.2, 0.25) is 0 Å². The van der Waals surface area contributed by atoms with Gasteiger partial charge in [-0.05, 0) is 59.5 Å². The molecule has 0 saturated carbocycles. The Balaban J connectivity index is 1.61. The van der Waals surface area contributed by atoms with E-state index in [0.717, 1.165) is 0 Å². The lowest BCUT2D eigenvalue weighted by atomic mass is 9.87. The third kappa shape index (κ3) is 3.04. The third-order valence-corrected chi connectivity index (χ3v) is 7.47. The molecule has 36 heavy (non-hydrogen) atoms. The first kappa shape index (κ1) is 21.0. The van der Waals surface area contributed by atoms with Gasteiger partial charge in [0.1, 0.15) is 0 Å². The summed E-state index contributed by atoms with van der Waals surface area (Å²) >= 11 is 0. The molecule has 7 aromatic rings. The van der Waals surface area contributed by atoms with Crippen LogP contribution in [0.5, 0.6) is 0 Å². The van der Waals surface area contributed by atoms with E-state index < -0.39 is 0 Å². The van der Waals surface area contributed by atoms with Gasteiger partial charge in [0.25, 0.3) is 0 Å². The summed E-state index contributed by atoms with van der Waals surface area (Å²) in [5.41, 5.74) is 8.77. The monoisotopic (exact) mass is 464 g/mol. The molecule has 0 aliphatic rings. The quantitative estimate of drug-likeness (QED) is 0.241. The van der Waals surface area contributed by atoms with Gasteiger partial charge in [0, 0.05) is 32.9 Å². The fourth-order valence-corrected chi connectivity index (χ4v) is 5.67. The van der Waals surface area contributed by atoms with E-state index in [-0.39, 0.29) is 5.41 Å². The minimum absolute atomic E-state index is 0.127. The molecule has 0 atom stereocenters. The van der Waals surface area contributed by atoms with Crippen LogP contribution in [-0.4, -0.2) is 9.13 Å². The molecule has 0 spiro atoms. The normalized spacial score (nSPS) is 12.3. The maximum atomic E-state index is 2.42. The lowest BCUT2D eigenvalue weighted by Gasteiger charge is -2.19. The van der Waals surface area contributed by atoms with Gasteiger partial charge in [-0.2, -0.15) is 0 Å². The Bertz CT molecular complexity index is 1890. The van der Waals surface area contributed by atoms with Gasteiger partial charge >= 0.3 is 0 Å². The van der Waals surface area contributed by atoms with E-state index in [1.165, 1.54) is 60.5 Å². The Morgan fingerprint density at radius 1 is 0.417 bits per heavy atom. The third-order valence-electron chi connectivity index (χ3n) is 7.47. The summed E-state index contributed by atoms with van der Waals surface area (Å²) < 4.78 is 4.82. The van der Waals surface area contributed by atoms with Crippen molar-refractivity contribution >= 4 is 43.6 Å². The van der Waals surface area contributed by atoms with Crippen LogP contribution in [0.4, 0.5) is 0 Å². The molecule has 0 N–H and O–H groups in total. The second kappa shape index (κ2) is 7.60. The van der Waals surface area contributed by atoms with Gasteiger partial charge in [-0.3, -0.25) is 0 Å². The highest BCUT2D eigenvalue weighted by Gasteiger charge is 2.19. The Kier molecular flexibility index (Phi) is 4.44. The SMILES string of the molecule is CC(C)(C)c1ccc(-n2c3ccccc3c3cc4c5ccccc5n(-c5ccccc5)c4cc32)cc1. The van der Waals surface area contributed by atoms with Crippen LogP contribution in [0.25, 0.3) is 55.0 Å². The summed E-state index contributed by atoms with van der Waals surface area (Å²) in [5, 5.41) is 5.14. The van der Waals surface area contributed by atoms with Gasteiger partial charge in [0.15, 0.2) is 0 Å². The molecule has 0 amide bonds. The van der Waals surface area contributed by atoms with Gasteiger partial charge in [0.05, 0.1) is 22.1 Å². The maximum Gasteiger partial charge on any atom is 0.0562 e. The highest BCUT2D eigenvalue weighted by atomic mass is 15.0. The summed E-state index contributed by atoms with van der Waals surface area (Å²) in [4.78, 5) is 0. The maximum absolute atomic E-state index is 2.42. The molecule has 0 fully saturated rings. The fourth-order valence-electron chi connectivity index (χ4n) is 5.67. The van der Waals surface area contributed by atoms with Gasteiger partial charge in [-0.1, -0.05) is 87.5 Å². The Hall–Kier alpha value is -4.30. The van der Waals surface area contributed by atoms with Crippen LogP contribution in [0.3, 0.4) is 0 Å². The van der Waals surface area contributed by atoms with E-state index >= 15 is 0 Å². The predicted molar refractivity (Wildman–Crippen MR) is 154 cm³/mol. The minimum atomic E-state index is 0.127. The van der Waals surface area contributed by atoms with Crippen LogP contribution in [-0.2, 0) is 5.41 Å². The van der Waals surface area contributed by atoms with Crippen LogP contribution in [0.15, 0.2) is 115 Å². The summed E-state index contributed by atoms with van der Waals surface area (Å²) in [6.45, 7) is 6.80. The zero-order valence-electron chi connectivity index (χ0n) is 20.9. The van der Waals surface area contributed by atoms with Crippen molar-refractivity contribution in [3.8, 4) is 11.4 Å². The predicted octanol–water partition coefficient (Wildman–Crippen LogP) is 9.18. The van der Waals surface area contributed by atoms with E-state index in [9.17, 15) is 0 Å². The van der Waals surface area contributed by atoms with E-state index in [0.29, 0.717) is 0 Å². The Morgan fingerprint density at radius 2 is 0.889 bits per heavy atom. The van der Waals surface area contributed by atoms with Crippen LogP contribution in [0.2, 0.25) is 0 Å². The number of fused-ring (bicyclic) bond motifs is 6. The minimum Gasteiger partial charge on any atom is -0.309 e. The molecule has 0 aliphatic heterocycles. The number of nitrogens with zero attached hydrogens (tertiary/aromatic N) is 2. The Morgan fingerprint density at radius 3 is 1.42 bits per heavy atom. The van der Waals surface area contributed by atoms with E-state index in [1.807, 2.05) is 0 Å². The summed E-state index contributed by atoms with van der Waals surface area (Å²) in [6, 6.07) is 42.1. The number of rotatable bonds is 2. The topological polar surface area (TPSA) is 9.86 Å². The first-order chi connectivity index (χ1) is 17.5. The van der Waals surface area contributed by atoms with Crippen molar-refractivity contribution in [2.24, 2.45) is 0 Å². The zero-order chi connectivity index (χ0) is 24.4. The van der Waals surface area contributed by atoms with Crippen molar-refractivity contribution in [2.75, 3.05) is 0 Å². The first-order valence-corrected chi connectivity index (χ1v) is 12.6. The van der Waals surface area contributed by atoms with Crippen molar-refractivity contribution < 1.29 is 0 Å². The van der Waals surface area contributed by atoms with Crippen molar-refractivity contribution in [1.82, 2.24) is 9.13 Å². The summed E-state index contributed by atoms with van der Waals surface area (Å²) in [6.07, 6.45) is 0. The zero-order valence-corrected chi connectivity index (χ0v) is 20.9. The van der Waals surface area contributed by atoms with Crippen LogP contribution in [0, 0.1) is 0 Å². The second-order valence-electron chi connectivity index (χ2n) is 10.7. The first-order valence-electron chi connectivity index (χ1n) is 12.6. The lowest BCUT2D eigenvalue weighted by molar-refractivity contribution is 0.590. The lowest BCUT2D eigenvalue weighted by Crippen LogP contribution is -2.10. The molecule has 7 rings (SSSR count). The van der Waals surface area contributed by atoms with Crippen LogP contribution >= 0.6 is 0 Å². The number of hydrogen-bond acceptors (Lipinski definition) is 0. The molecule has 174 valence electrons. The number of hydrogen-bond donors (Lipinski definition) is 0. The molecule has 0 aliphatic carbocycles. The van der Waals surface area contributed by atoms with Crippen LogP contribution in [0.1, 0.15) is 26.3 Å². The number of aromatic nitrogens is 2. The average Bonchev–Trinajstić information content (AvgIpc) is 3.40. The van der Waals surface area contributed by atoms with E-state index in [1.54, 1.807) is 0 Å². The summed E-state index contributed by atoms with van der Waals surface area (Å²) in [7, 11) is 0. The fraction of sp³-hybridized carbons (Fsp3) is 0.118. The molecular weight excluding hydrogens is 436 g/mol. The number of para-hydroxylation sites is 3. The standard InChI is InChI=1S/C34H28N2/c1-34(2,3)23-17-19-25(20-18-23)36-31-16-10-8-14-27(31)29-21-28-26-13-7-9-15-30(26)35(32(28)22-33(29)36)24-11-5-4-6-12-24/h4-22H,1-3H3. The molecule has 0 radical (unpaired) electrons. The van der Waals surface area contributed by atoms with Crippen molar-refractivity contribution in [1.29, 1.82) is 0 Å². The molecular formula is C34H28N2. The highest BCUT2D eigenvalue weighted by molar-refractivity contribution is 6.19.